The van der Waals surface area contributed by atoms with Gasteiger partial charge in [-0.15, -0.1) is 0 Å². The molecule has 0 unspecified atom stereocenters. The fourth-order valence-electron chi connectivity index (χ4n) is 3.14. The van der Waals surface area contributed by atoms with E-state index in [1.807, 2.05) is 24.3 Å². The lowest BCUT2D eigenvalue weighted by Crippen LogP contribution is -2.24. The number of aromatic nitrogens is 1. The van der Waals surface area contributed by atoms with Crippen LogP contribution >= 0.6 is 0 Å². The lowest BCUT2D eigenvalue weighted by molar-refractivity contribution is -0.121. The Balaban J connectivity index is 1.68. The summed E-state index contributed by atoms with van der Waals surface area (Å²) in [5.41, 5.74) is 1.87. The molecule has 0 spiro atoms. The number of carbonyl (C=O) groups excluding carboxylic acids is 1. The van der Waals surface area contributed by atoms with Crippen LogP contribution in [0.3, 0.4) is 0 Å². The summed E-state index contributed by atoms with van der Waals surface area (Å²) < 4.78 is 15.9. The molecule has 3 rings (SSSR count). The molecule has 1 aromatic heterocycles. The van der Waals surface area contributed by atoms with Gasteiger partial charge in [0.15, 0.2) is 11.5 Å². The molecule has 1 amide bonds. The van der Waals surface area contributed by atoms with Crippen LogP contribution in [0.25, 0.3) is 10.9 Å². The Bertz CT molecular complexity index is 1070. The summed E-state index contributed by atoms with van der Waals surface area (Å²) in [5.74, 6) is 1.71. The third kappa shape index (κ3) is 4.68. The van der Waals surface area contributed by atoms with Gasteiger partial charge >= 0.3 is 0 Å². The van der Waals surface area contributed by atoms with Gasteiger partial charge in [-0.25, -0.2) is 0 Å². The normalized spacial score (nSPS) is 10.6. The maximum Gasteiger partial charge on any atom is 0.251 e. The number of benzene rings is 2. The van der Waals surface area contributed by atoms with E-state index in [1.165, 1.54) is 0 Å². The SMILES string of the molecule is COc1ccccc1CNC(=O)CCc1cc2cc(OC)c(OC)cc2[nH]c1=O. The Morgan fingerprint density at radius 3 is 2.34 bits per heavy atom. The van der Waals surface area contributed by atoms with Crippen molar-refractivity contribution in [1.29, 1.82) is 0 Å². The predicted octanol–water partition coefficient (Wildman–Crippen LogP) is 2.80. The van der Waals surface area contributed by atoms with Crippen LogP contribution in [-0.2, 0) is 17.8 Å². The van der Waals surface area contributed by atoms with Crippen LogP contribution < -0.4 is 25.1 Å². The Kier molecular flexibility index (Phi) is 6.39. The first-order valence-corrected chi connectivity index (χ1v) is 9.22. The van der Waals surface area contributed by atoms with E-state index in [0.717, 1.165) is 16.7 Å². The van der Waals surface area contributed by atoms with Crippen molar-refractivity contribution in [2.24, 2.45) is 0 Å². The highest BCUT2D eigenvalue weighted by Crippen LogP contribution is 2.31. The van der Waals surface area contributed by atoms with Crippen molar-refractivity contribution in [3.05, 3.63) is 63.9 Å². The topological polar surface area (TPSA) is 89.7 Å². The lowest BCUT2D eigenvalue weighted by atomic mass is 10.1. The number of carbonyl (C=O) groups is 1. The van der Waals surface area contributed by atoms with Gasteiger partial charge in [0.25, 0.3) is 5.56 Å². The number of amides is 1. The molecule has 29 heavy (non-hydrogen) atoms. The Labute approximate surface area is 168 Å². The minimum absolute atomic E-state index is 0.136. The quantitative estimate of drug-likeness (QED) is 0.611. The number of rotatable bonds is 8. The van der Waals surface area contributed by atoms with Gasteiger partial charge in [-0.2, -0.15) is 0 Å². The summed E-state index contributed by atoms with van der Waals surface area (Å²) in [5, 5.41) is 3.68. The Morgan fingerprint density at radius 2 is 1.62 bits per heavy atom. The van der Waals surface area contributed by atoms with E-state index in [1.54, 1.807) is 39.5 Å². The molecule has 0 radical (unpaired) electrons. The van der Waals surface area contributed by atoms with Crippen molar-refractivity contribution in [3.63, 3.8) is 0 Å². The molecule has 0 aliphatic carbocycles. The van der Waals surface area contributed by atoms with E-state index in [9.17, 15) is 9.59 Å². The number of H-pyrrole nitrogens is 1. The number of hydrogen-bond acceptors (Lipinski definition) is 5. The first kappa shape index (κ1) is 20.3. The number of para-hydroxylation sites is 1. The zero-order chi connectivity index (χ0) is 20.8. The summed E-state index contributed by atoms with van der Waals surface area (Å²) in [6.07, 6.45) is 0.536. The van der Waals surface area contributed by atoms with E-state index < -0.39 is 0 Å². The highest BCUT2D eigenvalue weighted by atomic mass is 16.5. The number of aryl methyl sites for hydroxylation is 1. The van der Waals surface area contributed by atoms with Crippen molar-refractivity contribution < 1.29 is 19.0 Å². The molecule has 0 fully saturated rings. The average molecular weight is 396 g/mol. The molecule has 7 heteroatoms. The van der Waals surface area contributed by atoms with Crippen molar-refractivity contribution >= 4 is 16.8 Å². The van der Waals surface area contributed by atoms with Crippen molar-refractivity contribution in [1.82, 2.24) is 10.3 Å². The molecule has 0 aliphatic heterocycles. The minimum Gasteiger partial charge on any atom is -0.496 e. The lowest BCUT2D eigenvalue weighted by Gasteiger charge is -2.11. The second-order valence-electron chi connectivity index (χ2n) is 6.51. The van der Waals surface area contributed by atoms with E-state index in [0.29, 0.717) is 35.5 Å². The van der Waals surface area contributed by atoms with Gasteiger partial charge in [-0.05, 0) is 24.6 Å². The van der Waals surface area contributed by atoms with Crippen molar-refractivity contribution in [2.75, 3.05) is 21.3 Å². The van der Waals surface area contributed by atoms with Crippen LogP contribution in [0.5, 0.6) is 17.2 Å². The number of ether oxygens (including phenoxy) is 3. The van der Waals surface area contributed by atoms with Crippen molar-refractivity contribution in [2.45, 2.75) is 19.4 Å². The zero-order valence-corrected chi connectivity index (χ0v) is 16.7. The van der Waals surface area contributed by atoms with E-state index >= 15 is 0 Å². The minimum atomic E-state index is -0.220. The standard InChI is InChI=1S/C22H24N2O5/c1-27-18-7-5-4-6-15(18)13-23-21(25)9-8-14-10-16-11-19(28-2)20(29-3)12-17(16)24-22(14)26/h4-7,10-12H,8-9,13H2,1-3H3,(H,23,25)(H,24,26). The first-order valence-electron chi connectivity index (χ1n) is 9.22. The molecule has 7 nitrogen and oxygen atoms in total. The van der Waals surface area contributed by atoms with E-state index in [4.69, 9.17) is 14.2 Å². The van der Waals surface area contributed by atoms with Crippen LogP contribution in [0, 0.1) is 0 Å². The summed E-state index contributed by atoms with van der Waals surface area (Å²) in [7, 11) is 4.69. The summed E-state index contributed by atoms with van der Waals surface area (Å²) in [4.78, 5) is 27.5. The molecule has 2 aromatic carbocycles. The third-order valence-electron chi connectivity index (χ3n) is 4.72. The molecule has 2 N–H and O–H groups in total. The van der Waals surface area contributed by atoms with Gasteiger partial charge in [0.2, 0.25) is 5.91 Å². The number of fused-ring (bicyclic) bond motifs is 1. The second kappa shape index (κ2) is 9.14. The Morgan fingerprint density at radius 1 is 0.931 bits per heavy atom. The third-order valence-corrected chi connectivity index (χ3v) is 4.72. The summed E-state index contributed by atoms with van der Waals surface area (Å²) in [6, 6.07) is 12.8. The first-order chi connectivity index (χ1) is 14.0. The molecular formula is C22H24N2O5. The predicted molar refractivity (Wildman–Crippen MR) is 111 cm³/mol. The number of pyridine rings is 1. The number of methoxy groups -OCH3 is 3. The van der Waals surface area contributed by atoms with Gasteiger partial charge in [0.1, 0.15) is 5.75 Å². The van der Waals surface area contributed by atoms with Gasteiger partial charge in [0.05, 0.1) is 26.8 Å². The van der Waals surface area contributed by atoms with E-state index in [-0.39, 0.29) is 17.9 Å². The molecule has 0 saturated heterocycles. The van der Waals surface area contributed by atoms with Crippen molar-refractivity contribution in [3.8, 4) is 17.2 Å². The smallest absolute Gasteiger partial charge is 0.251 e. The van der Waals surface area contributed by atoms with Gasteiger partial charge in [-0.1, -0.05) is 18.2 Å². The van der Waals surface area contributed by atoms with E-state index in [2.05, 4.69) is 10.3 Å². The highest BCUT2D eigenvalue weighted by Gasteiger charge is 2.11. The van der Waals surface area contributed by atoms with Crippen LogP contribution in [0.4, 0.5) is 0 Å². The fourth-order valence-corrected chi connectivity index (χ4v) is 3.14. The van der Waals surface area contributed by atoms with Gasteiger partial charge < -0.3 is 24.5 Å². The molecule has 152 valence electrons. The molecule has 0 bridgehead atoms. The number of nitrogens with one attached hydrogen (secondary N) is 2. The van der Waals surface area contributed by atoms with Gasteiger partial charge in [-0.3, -0.25) is 9.59 Å². The average Bonchev–Trinajstić information content (AvgIpc) is 2.75. The van der Waals surface area contributed by atoms with Gasteiger partial charge in [0, 0.05) is 35.5 Å². The molecule has 0 aliphatic rings. The van der Waals surface area contributed by atoms with Crippen LogP contribution in [0.2, 0.25) is 0 Å². The molecule has 0 atom stereocenters. The molecule has 3 aromatic rings. The Hall–Kier alpha value is -3.48. The molecule has 0 saturated carbocycles. The monoisotopic (exact) mass is 396 g/mol. The largest absolute Gasteiger partial charge is 0.496 e. The second-order valence-corrected chi connectivity index (χ2v) is 6.51. The van der Waals surface area contributed by atoms with Crippen LogP contribution in [-0.4, -0.2) is 32.2 Å². The maximum atomic E-state index is 12.4. The maximum absolute atomic E-state index is 12.4. The number of hydrogen-bond donors (Lipinski definition) is 2. The highest BCUT2D eigenvalue weighted by molar-refractivity contribution is 5.83. The number of aromatic amines is 1. The summed E-state index contributed by atoms with van der Waals surface area (Å²) >= 11 is 0. The molecular weight excluding hydrogens is 372 g/mol. The zero-order valence-electron chi connectivity index (χ0n) is 16.7. The fraction of sp³-hybridized carbons (Fsp3) is 0.273. The summed E-state index contributed by atoms with van der Waals surface area (Å²) in [6.45, 7) is 0.369. The van der Waals surface area contributed by atoms with Crippen LogP contribution in [0.15, 0.2) is 47.3 Å². The van der Waals surface area contributed by atoms with Crippen LogP contribution in [0.1, 0.15) is 17.5 Å². The molecule has 1 heterocycles.